The summed E-state index contributed by atoms with van der Waals surface area (Å²) in [5.41, 5.74) is 0.886. The first-order chi connectivity index (χ1) is 10.5. The number of hydrogen-bond donors (Lipinski definition) is 1. The fourth-order valence-electron chi connectivity index (χ4n) is 3.06. The van der Waals surface area contributed by atoms with Gasteiger partial charge in [-0.2, -0.15) is 4.31 Å². The number of benzene rings is 1. The van der Waals surface area contributed by atoms with Crippen LogP contribution in [-0.4, -0.2) is 43.4 Å². The van der Waals surface area contributed by atoms with E-state index < -0.39 is 10.0 Å². The van der Waals surface area contributed by atoms with Gasteiger partial charge in [-0.15, -0.1) is 12.4 Å². The van der Waals surface area contributed by atoms with Crippen molar-refractivity contribution in [1.82, 2.24) is 14.6 Å². The van der Waals surface area contributed by atoms with Crippen LogP contribution in [0.5, 0.6) is 0 Å². The van der Waals surface area contributed by atoms with Crippen LogP contribution >= 0.6 is 12.4 Å². The maximum atomic E-state index is 13.2. The number of fused-ring (bicyclic) bond motifs is 1. The Morgan fingerprint density at radius 2 is 2.09 bits per heavy atom. The highest BCUT2D eigenvalue weighted by Crippen LogP contribution is 2.29. The van der Waals surface area contributed by atoms with Crippen molar-refractivity contribution in [2.45, 2.75) is 31.2 Å². The lowest BCUT2D eigenvalue weighted by Crippen LogP contribution is -2.41. The summed E-state index contributed by atoms with van der Waals surface area (Å²) in [7, 11) is -3.52. The summed E-state index contributed by atoms with van der Waals surface area (Å²) in [5.74, 6) is 0. The molecule has 1 aliphatic heterocycles. The summed E-state index contributed by atoms with van der Waals surface area (Å²) in [6, 6.07) is 5.35. The van der Waals surface area contributed by atoms with E-state index in [0.29, 0.717) is 18.0 Å². The van der Waals surface area contributed by atoms with E-state index in [1.807, 2.05) is 19.9 Å². The molecule has 1 fully saturated rings. The average molecular weight is 356 g/mol. The highest BCUT2D eigenvalue weighted by atomic mass is 35.5. The zero-order valence-electron chi connectivity index (χ0n) is 13.3. The molecule has 1 saturated heterocycles. The maximum absolute atomic E-state index is 13.2. The number of rotatable bonds is 2. The lowest BCUT2D eigenvalue weighted by atomic mass is 10.1. The average Bonchev–Trinajstić information content (AvgIpc) is 2.72. The molecule has 1 unspecified atom stereocenters. The van der Waals surface area contributed by atoms with Gasteiger partial charge in [0.2, 0.25) is 10.0 Å². The van der Waals surface area contributed by atoms with Crippen molar-refractivity contribution in [2.24, 2.45) is 0 Å². The number of sulfonamides is 1. The van der Waals surface area contributed by atoms with Gasteiger partial charge in [-0.1, -0.05) is 12.1 Å². The van der Waals surface area contributed by atoms with Crippen LogP contribution in [0.2, 0.25) is 0 Å². The smallest absolute Gasteiger partial charge is 0.243 e. The van der Waals surface area contributed by atoms with Crippen LogP contribution in [0, 0.1) is 6.92 Å². The Kier molecular flexibility index (Phi) is 5.62. The Morgan fingerprint density at radius 1 is 1.30 bits per heavy atom. The molecule has 1 aliphatic rings. The summed E-state index contributed by atoms with van der Waals surface area (Å²) in [4.78, 5) is 4.55. The number of aromatic nitrogens is 1. The second-order valence-electron chi connectivity index (χ2n) is 5.83. The molecule has 2 heterocycles. The van der Waals surface area contributed by atoms with Crippen molar-refractivity contribution in [3.63, 3.8) is 0 Å². The van der Waals surface area contributed by atoms with Crippen LogP contribution in [0.3, 0.4) is 0 Å². The van der Waals surface area contributed by atoms with E-state index >= 15 is 0 Å². The molecule has 1 aromatic carbocycles. The minimum Gasteiger partial charge on any atom is -0.315 e. The SMILES string of the molecule is Cc1cncc2cccc(S(=O)(=O)N3CCCNCC3C)c12.Cl. The van der Waals surface area contributed by atoms with Gasteiger partial charge < -0.3 is 5.32 Å². The molecule has 7 heteroatoms. The van der Waals surface area contributed by atoms with Crippen LogP contribution < -0.4 is 5.32 Å². The van der Waals surface area contributed by atoms with Crippen LogP contribution in [0.15, 0.2) is 35.5 Å². The van der Waals surface area contributed by atoms with Gasteiger partial charge >= 0.3 is 0 Å². The maximum Gasteiger partial charge on any atom is 0.243 e. The molecule has 3 rings (SSSR count). The summed E-state index contributed by atoms with van der Waals surface area (Å²) < 4.78 is 28.0. The molecule has 1 atom stereocenters. The van der Waals surface area contributed by atoms with Crippen LogP contribution in [0.25, 0.3) is 10.8 Å². The monoisotopic (exact) mass is 355 g/mol. The Labute approximate surface area is 143 Å². The molecular formula is C16H22ClN3O2S. The number of aryl methyl sites for hydroxylation is 1. The van der Waals surface area contributed by atoms with Gasteiger partial charge in [0, 0.05) is 42.3 Å². The molecule has 1 aromatic heterocycles. The van der Waals surface area contributed by atoms with E-state index in [9.17, 15) is 8.42 Å². The third-order valence-electron chi connectivity index (χ3n) is 4.18. The Bertz CT molecular complexity index is 790. The molecule has 0 aliphatic carbocycles. The molecule has 1 N–H and O–H groups in total. The second kappa shape index (κ2) is 7.13. The van der Waals surface area contributed by atoms with Crippen molar-refractivity contribution in [3.05, 3.63) is 36.2 Å². The van der Waals surface area contributed by atoms with E-state index in [1.165, 1.54) is 0 Å². The van der Waals surface area contributed by atoms with Gasteiger partial charge in [0.25, 0.3) is 0 Å². The predicted octanol–water partition coefficient (Wildman–Crippen LogP) is 2.34. The molecule has 2 aromatic rings. The zero-order valence-corrected chi connectivity index (χ0v) is 15.0. The van der Waals surface area contributed by atoms with Crippen molar-refractivity contribution in [1.29, 1.82) is 0 Å². The number of nitrogens with zero attached hydrogens (tertiary/aromatic N) is 2. The number of halogens is 1. The topological polar surface area (TPSA) is 62.3 Å². The zero-order chi connectivity index (χ0) is 15.7. The van der Waals surface area contributed by atoms with Gasteiger partial charge in [0.05, 0.1) is 4.90 Å². The van der Waals surface area contributed by atoms with E-state index in [-0.39, 0.29) is 18.4 Å². The minimum absolute atomic E-state index is 0. The molecule has 0 saturated carbocycles. The molecular weight excluding hydrogens is 334 g/mol. The Balaban J connectivity index is 0.00000192. The standard InChI is InChI=1S/C16H21N3O2S.ClH/c1-12-9-18-11-14-5-3-6-15(16(12)14)22(20,21)19-8-4-7-17-10-13(19)2;/h3,5-6,9,11,13,17H,4,7-8,10H2,1-2H3;1H. The Morgan fingerprint density at radius 3 is 2.87 bits per heavy atom. The molecule has 0 amide bonds. The third kappa shape index (κ3) is 3.35. The highest BCUT2D eigenvalue weighted by molar-refractivity contribution is 7.89. The quantitative estimate of drug-likeness (QED) is 0.898. The van der Waals surface area contributed by atoms with E-state index in [2.05, 4.69) is 10.3 Å². The first-order valence-corrected chi connectivity index (χ1v) is 9.01. The molecule has 0 spiro atoms. The van der Waals surface area contributed by atoms with Gasteiger partial charge in [0.1, 0.15) is 0 Å². The summed E-state index contributed by atoms with van der Waals surface area (Å²) in [6.07, 6.45) is 4.26. The summed E-state index contributed by atoms with van der Waals surface area (Å²) in [6.45, 7) is 5.95. The van der Waals surface area contributed by atoms with Crippen LogP contribution in [0.4, 0.5) is 0 Å². The summed E-state index contributed by atoms with van der Waals surface area (Å²) >= 11 is 0. The number of hydrogen-bond acceptors (Lipinski definition) is 4. The number of nitrogens with one attached hydrogen (secondary N) is 1. The van der Waals surface area contributed by atoms with E-state index in [0.717, 1.165) is 29.3 Å². The largest absolute Gasteiger partial charge is 0.315 e. The fourth-order valence-corrected chi connectivity index (χ4v) is 5.02. The molecule has 126 valence electrons. The molecule has 5 nitrogen and oxygen atoms in total. The van der Waals surface area contributed by atoms with E-state index in [1.54, 1.807) is 28.8 Å². The Hall–Kier alpha value is -1.21. The lowest BCUT2D eigenvalue weighted by molar-refractivity contribution is 0.354. The summed E-state index contributed by atoms with van der Waals surface area (Å²) in [5, 5.41) is 4.93. The van der Waals surface area contributed by atoms with Crippen molar-refractivity contribution >= 4 is 33.2 Å². The predicted molar refractivity (Wildman–Crippen MR) is 94.6 cm³/mol. The fraction of sp³-hybridized carbons (Fsp3) is 0.438. The molecule has 0 radical (unpaired) electrons. The van der Waals surface area contributed by atoms with E-state index in [4.69, 9.17) is 0 Å². The second-order valence-corrected chi connectivity index (χ2v) is 7.69. The normalized spacial score (nSPS) is 20.0. The lowest BCUT2D eigenvalue weighted by Gasteiger charge is -2.26. The highest BCUT2D eigenvalue weighted by Gasteiger charge is 2.31. The van der Waals surface area contributed by atoms with Crippen LogP contribution in [0.1, 0.15) is 18.9 Å². The number of pyridine rings is 1. The van der Waals surface area contributed by atoms with Crippen LogP contribution in [-0.2, 0) is 10.0 Å². The molecule has 23 heavy (non-hydrogen) atoms. The molecule has 0 bridgehead atoms. The van der Waals surface area contributed by atoms with Gasteiger partial charge in [-0.25, -0.2) is 8.42 Å². The van der Waals surface area contributed by atoms with Crippen molar-refractivity contribution in [3.8, 4) is 0 Å². The first kappa shape index (κ1) is 18.1. The van der Waals surface area contributed by atoms with Gasteiger partial charge in [-0.3, -0.25) is 4.98 Å². The third-order valence-corrected chi connectivity index (χ3v) is 6.24. The minimum atomic E-state index is -3.52. The van der Waals surface area contributed by atoms with Crippen molar-refractivity contribution in [2.75, 3.05) is 19.6 Å². The first-order valence-electron chi connectivity index (χ1n) is 7.57. The van der Waals surface area contributed by atoms with Gasteiger partial charge in [-0.05, 0) is 38.4 Å². The van der Waals surface area contributed by atoms with Gasteiger partial charge in [0.15, 0.2) is 0 Å². The van der Waals surface area contributed by atoms with Crippen molar-refractivity contribution < 1.29 is 8.42 Å².